The monoisotopic (exact) mass is 702 g/mol. The normalized spacial score (nSPS) is 12.0. The fourth-order valence-corrected chi connectivity index (χ4v) is 4.34. The molecule has 39 heavy (non-hydrogen) atoms. The second kappa shape index (κ2) is 18.6. The minimum Gasteiger partial charge on any atom is -0.393 e. The van der Waals surface area contributed by atoms with Crippen molar-refractivity contribution in [3.63, 3.8) is 0 Å². The molecule has 0 spiro atoms. The Labute approximate surface area is 247 Å². The van der Waals surface area contributed by atoms with E-state index in [1.807, 2.05) is 79.0 Å². The van der Waals surface area contributed by atoms with Crippen molar-refractivity contribution in [2.24, 2.45) is 0 Å². The van der Waals surface area contributed by atoms with Gasteiger partial charge in [-0.2, -0.15) is 0 Å². The van der Waals surface area contributed by atoms with Gasteiger partial charge in [0.2, 0.25) is 0 Å². The van der Waals surface area contributed by atoms with Crippen LogP contribution in [0.25, 0.3) is 33.8 Å². The van der Waals surface area contributed by atoms with Crippen LogP contribution in [0.15, 0.2) is 91.1 Å². The molecule has 4 rings (SSSR count). The van der Waals surface area contributed by atoms with Crippen molar-refractivity contribution in [2.45, 2.75) is 77.4 Å². The van der Waals surface area contributed by atoms with E-state index < -0.39 is 0 Å². The summed E-state index contributed by atoms with van der Waals surface area (Å²) in [5, 5.41) is 18.5. The molecule has 0 aliphatic heterocycles. The van der Waals surface area contributed by atoms with E-state index in [2.05, 4.69) is 25.1 Å². The maximum Gasteiger partial charge on any atom is 0.0873 e. The molecule has 209 valence electrons. The summed E-state index contributed by atoms with van der Waals surface area (Å²) in [5.74, 6) is 0. The molecule has 2 atom stereocenters. The van der Waals surface area contributed by atoms with Crippen LogP contribution in [-0.2, 0) is 20.1 Å². The van der Waals surface area contributed by atoms with E-state index >= 15 is 0 Å². The van der Waals surface area contributed by atoms with Crippen molar-refractivity contribution in [3.05, 3.63) is 97.2 Å². The molecule has 5 heteroatoms. The fraction of sp³-hybridized carbons (Fsp3) is 0.353. The Bertz CT molecular complexity index is 1170. The fourth-order valence-electron chi connectivity index (χ4n) is 4.34. The Morgan fingerprint density at radius 3 is 1.97 bits per heavy atom. The van der Waals surface area contributed by atoms with Crippen LogP contribution < -0.4 is 0 Å². The first-order valence-electron chi connectivity index (χ1n) is 13.9. The van der Waals surface area contributed by atoms with Gasteiger partial charge < -0.3 is 15.2 Å². The van der Waals surface area contributed by atoms with E-state index in [4.69, 9.17) is 15.1 Å². The Morgan fingerprint density at radius 1 is 0.744 bits per heavy atom. The predicted octanol–water partition coefficient (Wildman–Crippen LogP) is 8.14. The van der Waals surface area contributed by atoms with E-state index in [1.54, 1.807) is 6.92 Å². The van der Waals surface area contributed by atoms with Crippen LogP contribution in [0.3, 0.4) is 0 Å². The molecule has 0 saturated carbocycles. The van der Waals surface area contributed by atoms with E-state index in [-0.39, 0.29) is 32.3 Å². The van der Waals surface area contributed by atoms with Gasteiger partial charge in [0.15, 0.2) is 0 Å². The van der Waals surface area contributed by atoms with E-state index in [1.165, 1.54) is 32.1 Å². The molecule has 0 aliphatic rings. The standard InChI is InChI=1S/C22H15N2.C12H26O2.Ir/c1-4-10-17(11-5-1)20-16-23-21(18-12-6-2-7-13-18)22(24-20)19-14-8-3-9-15-19;1-3-4-5-6-7-8-9-12(14)10-11(2)13;/h1-12,14-16H;11-14H,3-10H2,1-2H3;/q-1;;. The Balaban J connectivity index is 0.000000309. The number of rotatable bonds is 12. The third-order valence-electron chi connectivity index (χ3n) is 6.36. The maximum atomic E-state index is 9.46. The molecule has 4 nitrogen and oxygen atoms in total. The van der Waals surface area contributed by atoms with Crippen molar-refractivity contribution in [1.29, 1.82) is 0 Å². The van der Waals surface area contributed by atoms with E-state index in [9.17, 15) is 5.11 Å². The minimum atomic E-state index is -0.370. The number of aromatic nitrogens is 2. The Hall–Kier alpha value is -2.69. The molecule has 1 aromatic heterocycles. The maximum absolute atomic E-state index is 9.46. The zero-order valence-corrected chi connectivity index (χ0v) is 25.5. The molecular formula is C34H41IrN2O2-. The molecule has 2 N–H and O–H groups in total. The van der Waals surface area contributed by atoms with Crippen LogP contribution in [0.2, 0.25) is 0 Å². The summed E-state index contributed by atoms with van der Waals surface area (Å²) in [6.45, 7) is 3.94. The third kappa shape index (κ3) is 11.5. The number of aliphatic hydroxyl groups is 2. The minimum absolute atomic E-state index is 0. The van der Waals surface area contributed by atoms with Crippen molar-refractivity contribution in [1.82, 2.24) is 9.97 Å². The van der Waals surface area contributed by atoms with Crippen LogP contribution in [0.1, 0.15) is 65.2 Å². The molecular weight excluding hydrogens is 661 g/mol. The molecule has 4 aromatic rings. The molecule has 0 bridgehead atoms. The van der Waals surface area contributed by atoms with Crippen LogP contribution in [-0.4, -0.2) is 32.4 Å². The van der Waals surface area contributed by atoms with E-state index in [0.29, 0.717) is 6.42 Å². The topological polar surface area (TPSA) is 66.2 Å². The number of aliphatic hydroxyl groups excluding tert-OH is 2. The quantitative estimate of drug-likeness (QED) is 0.116. The largest absolute Gasteiger partial charge is 0.393 e. The second-order valence-electron chi connectivity index (χ2n) is 9.76. The Morgan fingerprint density at radius 2 is 1.36 bits per heavy atom. The van der Waals surface area contributed by atoms with Gasteiger partial charge in [0.1, 0.15) is 0 Å². The van der Waals surface area contributed by atoms with Gasteiger partial charge in [0.25, 0.3) is 0 Å². The molecule has 0 saturated heterocycles. The van der Waals surface area contributed by atoms with Crippen LogP contribution >= 0.6 is 0 Å². The van der Waals surface area contributed by atoms with Gasteiger partial charge in [-0.15, -0.1) is 35.9 Å². The van der Waals surface area contributed by atoms with Crippen molar-refractivity contribution in [2.75, 3.05) is 0 Å². The summed E-state index contributed by atoms with van der Waals surface area (Å²) in [4.78, 5) is 9.61. The number of hydrogen-bond donors (Lipinski definition) is 2. The molecule has 0 amide bonds. The molecule has 0 aliphatic carbocycles. The van der Waals surface area contributed by atoms with Gasteiger partial charge in [-0.3, -0.25) is 4.98 Å². The van der Waals surface area contributed by atoms with Gasteiger partial charge in [0, 0.05) is 37.6 Å². The first kappa shape index (κ1) is 32.5. The summed E-state index contributed by atoms with van der Waals surface area (Å²) < 4.78 is 0. The first-order valence-corrected chi connectivity index (χ1v) is 13.9. The van der Waals surface area contributed by atoms with Crippen molar-refractivity contribution < 1.29 is 30.3 Å². The third-order valence-corrected chi connectivity index (χ3v) is 6.36. The molecule has 0 fully saturated rings. The predicted molar refractivity (Wildman–Crippen MR) is 157 cm³/mol. The average Bonchev–Trinajstić information content (AvgIpc) is 2.96. The summed E-state index contributed by atoms with van der Waals surface area (Å²) in [5.41, 5.74) is 5.65. The van der Waals surface area contributed by atoms with Gasteiger partial charge in [-0.25, -0.2) is 0 Å². The SMILES string of the molecule is CCCCCCCCC(O)CC(C)O.[Ir].[c-]1ccccc1-c1ncc(-c2ccccc2)nc1-c1ccccc1. The zero-order chi connectivity index (χ0) is 27.0. The molecule has 1 heterocycles. The summed E-state index contributed by atoms with van der Waals surface area (Å²) in [6, 6.07) is 31.4. The van der Waals surface area contributed by atoms with Gasteiger partial charge >= 0.3 is 0 Å². The summed E-state index contributed by atoms with van der Waals surface area (Å²) in [6.07, 6.45) is 10.1. The summed E-state index contributed by atoms with van der Waals surface area (Å²) >= 11 is 0. The number of benzene rings is 3. The van der Waals surface area contributed by atoms with E-state index in [0.717, 1.165) is 46.6 Å². The van der Waals surface area contributed by atoms with Gasteiger partial charge in [-0.1, -0.05) is 106 Å². The average molecular weight is 702 g/mol. The van der Waals surface area contributed by atoms with Crippen LogP contribution in [0, 0.1) is 6.07 Å². The van der Waals surface area contributed by atoms with Crippen LogP contribution in [0.4, 0.5) is 0 Å². The molecule has 1 radical (unpaired) electrons. The van der Waals surface area contributed by atoms with Gasteiger partial charge in [0.05, 0.1) is 23.6 Å². The molecule has 3 aromatic carbocycles. The number of unbranched alkanes of at least 4 members (excludes halogenated alkanes) is 5. The molecule has 2 unspecified atom stereocenters. The Kier molecular flexibility index (Phi) is 15.5. The van der Waals surface area contributed by atoms with Crippen molar-refractivity contribution >= 4 is 0 Å². The summed E-state index contributed by atoms with van der Waals surface area (Å²) in [7, 11) is 0. The number of hydrogen-bond acceptors (Lipinski definition) is 4. The second-order valence-corrected chi connectivity index (χ2v) is 9.76. The van der Waals surface area contributed by atoms with Crippen LogP contribution in [0.5, 0.6) is 0 Å². The van der Waals surface area contributed by atoms with Crippen molar-refractivity contribution in [3.8, 4) is 33.8 Å². The zero-order valence-electron chi connectivity index (χ0n) is 23.1. The number of nitrogens with zero attached hydrogens (tertiary/aromatic N) is 2. The van der Waals surface area contributed by atoms with Gasteiger partial charge in [-0.05, 0) is 25.3 Å². The smallest absolute Gasteiger partial charge is 0.0873 e. The first-order chi connectivity index (χ1) is 18.6.